The Morgan fingerprint density at radius 3 is 2.26 bits per heavy atom. The van der Waals surface area contributed by atoms with Crippen LogP contribution >= 0.6 is 0 Å². The van der Waals surface area contributed by atoms with Gasteiger partial charge in [-0.15, -0.1) is 0 Å². The number of carbonyl (C=O) groups is 1. The number of nitrogens with one attached hydrogen (secondary N) is 1. The van der Waals surface area contributed by atoms with E-state index in [9.17, 15) is 28.1 Å². The molecule has 2 aliphatic rings. The first-order chi connectivity index (χ1) is 18.0. The van der Waals surface area contributed by atoms with Crippen LogP contribution in [0.1, 0.15) is 49.7 Å². The van der Waals surface area contributed by atoms with Crippen molar-refractivity contribution >= 4 is 23.0 Å². The molecule has 0 atom stereocenters. The van der Waals surface area contributed by atoms with E-state index in [2.05, 4.69) is 41.4 Å². The molecule has 0 unspecified atom stereocenters. The number of hydrogen-bond donors (Lipinski definition) is 1. The first kappa shape index (κ1) is 27.7. The third-order valence-electron chi connectivity index (χ3n) is 7.87. The molecule has 1 aliphatic carbocycles. The van der Waals surface area contributed by atoms with E-state index >= 15 is 0 Å². The van der Waals surface area contributed by atoms with E-state index in [0.29, 0.717) is 31.6 Å². The second kappa shape index (κ2) is 11.6. The average Bonchev–Trinajstić information content (AvgIpc) is 2.89. The van der Waals surface area contributed by atoms with Crippen LogP contribution in [0.25, 0.3) is 0 Å². The predicted octanol–water partition coefficient (Wildman–Crippen LogP) is 6.27. The largest absolute Gasteiger partial charge is 0.423 e. The summed E-state index contributed by atoms with van der Waals surface area (Å²) < 4.78 is 39.9. The molecule has 0 bridgehead atoms. The fourth-order valence-corrected chi connectivity index (χ4v) is 5.65. The summed E-state index contributed by atoms with van der Waals surface area (Å²) in [5.74, 6) is 0.515. The molecule has 1 saturated carbocycles. The van der Waals surface area contributed by atoms with E-state index < -0.39 is 22.4 Å². The number of rotatable bonds is 7. The van der Waals surface area contributed by atoms with Crippen LogP contribution in [0, 0.1) is 28.9 Å². The summed E-state index contributed by atoms with van der Waals surface area (Å²) in [6.07, 6.45) is -0.118. The molecule has 0 radical (unpaired) electrons. The Bertz CT molecular complexity index is 1120. The van der Waals surface area contributed by atoms with Gasteiger partial charge in [0.1, 0.15) is 5.56 Å². The standard InChI is InChI=1S/C28H35F3N4O3/c1-19-3-10-24(11-4-19)34-15-13-20(14-16-34)18-33(2)27(36)21-5-7-22(8-6-21)32-23-9-12-26(35(37)38)25(17-23)28(29,30)31/h3-4,9-12,17,20-22,32H,5-8,13-16,18H2,1-2H3. The molecule has 1 saturated heterocycles. The monoisotopic (exact) mass is 532 g/mol. The van der Waals surface area contributed by atoms with E-state index in [1.807, 2.05) is 11.9 Å². The normalized spacial score (nSPS) is 20.7. The van der Waals surface area contributed by atoms with E-state index in [1.54, 1.807) is 0 Å². The smallest absolute Gasteiger partial charge is 0.382 e. The molecule has 2 aromatic carbocycles. The minimum absolute atomic E-state index is 0.0852. The number of nitrogens with zero attached hydrogens (tertiary/aromatic N) is 3. The molecule has 0 aromatic heterocycles. The third-order valence-corrected chi connectivity index (χ3v) is 7.87. The highest BCUT2D eigenvalue weighted by Gasteiger charge is 2.38. The molecule has 0 spiro atoms. The van der Waals surface area contributed by atoms with Crippen LogP contribution in [0.5, 0.6) is 0 Å². The Morgan fingerprint density at radius 2 is 1.68 bits per heavy atom. The zero-order valence-corrected chi connectivity index (χ0v) is 21.8. The first-order valence-corrected chi connectivity index (χ1v) is 13.2. The lowest BCUT2D eigenvalue weighted by molar-refractivity contribution is -0.388. The summed E-state index contributed by atoms with van der Waals surface area (Å²) in [4.78, 5) is 27.3. The molecule has 38 heavy (non-hydrogen) atoms. The van der Waals surface area contributed by atoms with Gasteiger partial charge in [0.05, 0.1) is 4.92 Å². The van der Waals surface area contributed by atoms with E-state index in [1.165, 1.54) is 17.3 Å². The van der Waals surface area contributed by atoms with Crippen molar-refractivity contribution in [2.45, 2.75) is 57.7 Å². The number of alkyl halides is 3. The van der Waals surface area contributed by atoms with Crippen molar-refractivity contribution in [2.24, 2.45) is 11.8 Å². The molecule has 1 heterocycles. The maximum absolute atomic E-state index is 13.3. The number of nitro groups is 1. The van der Waals surface area contributed by atoms with E-state index in [4.69, 9.17) is 0 Å². The van der Waals surface area contributed by atoms with Gasteiger partial charge in [0, 0.05) is 56.1 Å². The van der Waals surface area contributed by atoms with Gasteiger partial charge in [-0.25, -0.2) is 0 Å². The number of nitro benzene ring substituents is 1. The van der Waals surface area contributed by atoms with Gasteiger partial charge in [-0.1, -0.05) is 17.7 Å². The summed E-state index contributed by atoms with van der Waals surface area (Å²) in [5, 5.41) is 14.1. The average molecular weight is 533 g/mol. The molecule has 1 N–H and O–H groups in total. The van der Waals surface area contributed by atoms with Gasteiger partial charge in [-0.3, -0.25) is 14.9 Å². The van der Waals surface area contributed by atoms with Crippen LogP contribution in [0.4, 0.5) is 30.2 Å². The molecule has 1 amide bonds. The molecule has 2 aromatic rings. The Morgan fingerprint density at radius 1 is 1.05 bits per heavy atom. The van der Waals surface area contributed by atoms with Gasteiger partial charge < -0.3 is 15.1 Å². The Hall–Kier alpha value is -3.30. The van der Waals surface area contributed by atoms with Crippen LogP contribution in [-0.2, 0) is 11.0 Å². The number of benzene rings is 2. The van der Waals surface area contributed by atoms with Crippen molar-refractivity contribution in [1.82, 2.24) is 4.90 Å². The summed E-state index contributed by atoms with van der Waals surface area (Å²) in [7, 11) is 1.87. The Kier molecular flexibility index (Phi) is 8.47. The molecular formula is C28H35F3N4O3. The summed E-state index contributed by atoms with van der Waals surface area (Å²) in [6.45, 7) is 4.77. The van der Waals surface area contributed by atoms with Gasteiger partial charge in [0.25, 0.3) is 5.69 Å². The minimum Gasteiger partial charge on any atom is -0.382 e. The number of anilines is 2. The second-order valence-electron chi connectivity index (χ2n) is 10.7. The number of piperidine rings is 1. The summed E-state index contributed by atoms with van der Waals surface area (Å²) in [5.41, 5.74) is 0.471. The van der Waals surface area contributed by atoms with Crippen molar-refractivity contribution < 1.29 is 22.9 Å². The van der Waals surface area contributed by atoms with Crippen molar-refractivity contribution in [3.63, 3.8) is 0 Å². The van der Waals surface area contributed by atoms with Crippen molar-refractivity contribution in [2.75, 3.05) is 36.9 Å². The van der Waals surface area contributed by atoms with Gasteiger partial charge in [-0.05, 0) is 75.6 Å². The minimum atomic E-state index is -4.81. The van der Waals surface area contributed by atoms with Crippen molar-refractivity contribution in [3.05, 3.63) is 63.7 Å². The fraction of sp³-hybridized carbons (Fsp3) is 0.536. The van der Waals surface area contributed by atoms with E-state index in [0.717, 1.165) is 44.6 Å². The molecule has 7 nitrogen and oxygen atoms in total. The molecule has 10 heteroatoms. The third kappa shape index (κ3) is 6.76. The van der Waals surface area contributed by atoms with Crippen LogP contribution in [-0.4, -0.2) is 48.5 Å². The lowest BCUT2D eigenvalue weighted by Gasteiger charge is -2.36. The highest BCUT2D eigenvalue weighted by molar-refractivity contribution is 5.78. The highest BCUT2D eigenvalue weighted by Crippen LogP contribution is 2.38. The molecule has 2 fully saturated rings. The Labute approximate surface area is 221 Å². The van der Waals surface area contributed by atoms with Gasteiger partial charge >= 0.3 is 6.18 Å². The lowest BCUT2D eigenvalue weighted by Crippen LogP contribution is -2.42. The molecule has 206 valence electrons. The van der Waals surface area contributed by atoms with Crippen molar-refractivity contribution in [1.29, 1.82) is 0 Å². The maximum Gasteiger partial charge on any atom is 0.423 e. The SMILES string of the molecule is Cc1ccc(N2CCC(CN(C)C(=O)C3CCC(Nc4ccc([N+](=O)[O-])c(C(F)(F)F)c4)CC3)CC2)cc1. The van der Waals surface area contributed by atoms with Gasteiger partial charge in [0.15, 0.2) is 0 Å². The number of aryl methyl sites for hydroxylation is 1. The van der Waals surface area contributed by atoms with Crippen LogP contribution < -0.4 is 10.2 Å². The lowest BCUT2D eigenvalue weighted by atomic mass is 9.84. The zero-order chi connectivity index (χ0) is 27.4. The van der Waals surface area contributed by atoms with Crippen LogP contribution in [0.3, 0.4) is 0 Å². The topological polar surface area (TPSA) is 78.7 Å². The molecule has 4 rings (SSSR count). The summed E-state index contributed by atoms with van der Waals surface area (Å²) >= 11 is 0. The fourth-order valence-electron chi connectivity index (χ4n) is 5.65. The van der Waals surface area contributed by atoms with Gasteiger partial charge in [0.2, 0.25) is 5.91 Å². The quantitative estimate of drug-likeness (QED) is 0.336. The summed E-state index contributed by atoms with van der Waals surface area (Å²) in [6, 6.07) is 11.5. The number of amides is 1. The first-order valence-electron chi connectivity index (χ1n) is 13.2. The maximum atomic E-state index is 13.3. The highest BCUT2D eigenvalue weighted by atomic mass is 19.4. The predicted molar refractivity (Wildman–Crippen MR) is 141 cm³/mol. The molecular weight excluding hydrogens is 497 g/mol. The number of carbonyl (C=O) groups excluding carboxylic acids is 1. The van der Waals surface area contributed by atoms with Crippen molar-refractivity contribution in [3.8, 4) is 0 Å². The molecule has 1 aliphatic heterocycles. The van der Waals surface area contributed by atoms with Gasteiger partial charge in [-0.2, -0.15) is 13.2 Å². The second-order valence-corrected chi connectivity index (χ2v) is 10.7. The number of hydrogen-bond acceptors (Lipinski definition) is 5. The van der Waals surface area contributed by atoms with Crippen LogP contribution in [0.2, 0.25) is 0 Å². The zero-order valence-electron chi connectivity index (χ0n) is 21.8. The Balaban J connectivity index is 1.24. The number of halogens is 3. The van der Waals surface area contributed by atoms with E-state index in [-0.39, 0.29) is 23.6 Å². The van der Waals surface area contributed by atoms with Crippen LogP contribution in [0.15, 0.2) is 42.5 Å².